The normalized spacial score (nSPS) is 10.4. The predicted octanol–water partition coefficient (Wildman–Crippen LogP) is 2.47. The number of nitrogens with zero attached hydrogens (tertiary/aromatic N) is 3. The molecule has 1 aromatic heterocycles. The lowest BCUT2D eigenvalue weighted by molar-refractivity contribution is -0.384. The monoisotopic (exact) mass is 379 g/mol. The molecule has 0 aliphatic carbocycles. The number of benzene rings is 2. The lowest BCUT2D eigenvalue weighted by Gasteiger charge is -2.09. The molecule has 9 nitrogen and oxygen atoms in total. The standard InChI is InChI=1S/C19H17N5O4/c1-12-10-13(2)23(22-12)16-8-6-14(7-9-16)18(25)20-21-19(26)15-4-3-5-17(11-15)24(27)28/h3-11H,1-2H3,(H,20,25)(H,21,26). The molecule has 3 rings (SSSR count). The van der Waals surface area contributed by atoms with Gasteiger partial charge < -0.3 is 0 Å². The molecule has 28 heavy (non-hydrogen) atoms. The van der Waals surface area contributed by atoms with Crippen molar-refractivity contribution in [2.75, 3.05) is 0 Å². The van der Waals surface area contributed by atoms with Gasteiger partial charge in [-0.2, -0.15) is 5.10 Å². The molecule has 2 aromatic carbocycles. The first-order valence-corrected chi connectivity index (χ1v) is 8.34. The molecule has 2 amide bonds. The lowest BCUT2D eigenvalue weighted by atomic mass is 10.2. The summed E-state index contributed by atoms with van der Waals surface area (Å²) in [7, 11) is 0. The summed E-state index contributed by atoms with van der Waals surface area (Å²) in [4.78, 5) is 34.5. The van der Waals surface area contributed by atoms with Crippen molar-refractivity contribution in [1.29, 1.82) is 0 Å². The average Bonchev–Trinajstić information content (AvgIpc) is 3.04. The molecule has 0 aliphatic heterocycles. The summed E-state index contributed by atoms with van der Waals surface area (Å²) in [5.74, 6) is -1.17. The van der Waals surface area contributed by atoms with E-state index in [0.717, 1.165) is 23.1 Å². The third-order valence-corrected chi connectivity index (χ3v) is 3.99. The minimum absolute atomic E-state index is 0.0642. The van der Waals surface area contributed by atoms with Crippen LogP contribution in [0.25, 0.3) is 5.69 Å². The molecular formula is C19H17N5O4. The number of hydrazine groups is 1. The van der Waals surface area contributed by atoms with E-state index in [2.05, 4.69) is 16.0 Å². The van der Waals surface area contributed by atoms with Gasteiger partial charge in [0.1, 0.15) is 0 Å². The molecule has 0 fully saturated rings. The Hall–Kier alpha value is -4.01. The van der Waals surface area contributed by atoms with Crippen molar-refractivity contribution in [2.45, 2.75) is 13.8 Å². The van der Waals surface area contributed by atoms with Gasteiger partial charge in [-0.3, -0.25) is 30.6 Å². The molecule has 0 saturated heterocycles. The largest absolute Gasteiger partial charge is 0.270 e. The second kappa shape index (κ2) is 7.70. The Morgan fingerprint density at radius 3 is 2.18 bits per heavy atom. The molecule has 9 heteroatoms. The van der Waals surface area contributed by atoms with Gasteiger partial charge in [0.2, 0.25) is 0 Å². The van der Waals surface area contributed by atoms with Gasteiger partial charge in [-0.05, 0) is 50.2 Å². The van der Waals surface area contributed by atoms with E-state index in [4.69, 9.17) is 0 Å². The zero-order valence-electron chi connectivity index (χ0n) is 15.2. The van der Waals surface area contributed by atoms with Gasteiger partial charge in [0.25, 0.3) is 17.5 Å². The topological polar surface area (TPSA) is 119 Å². The van der Waals surface area contributed by atoms with Gasteiger partial charge >= 0.3 is 0 Å². The second-order valence-electron chi connectivity index (χ2n) is 6.10. The molecule has 0 radical (unpaired) electrons. The number of nitrogens with one attached hydrogen (secondary N) is 2. The first-order chi connectivity index (χ1) is 13.3. The van der Waals surface area contributed by atoms with Crippen LogP contribution in [0, 0.1) is 24.0 Å². The smallest absolute Gasteiger partial charge is 0.267 e. The van der Waals surface area contributed by atoms with Crippen LogP contribution in [0.1, 0.15) is 32.1 Å². The Balaban J connectivity index is 1.65. The van der Waals surface area contributed by atoms with E-state index in [0.29, 0.717) is 5.56 Å². The minimum Gasteiger partial charge on any atom is -0.267 e. The molecule has 0 spiro atoms. The highest BCUT2D eigenvalue weighted by atomic mass is 16.6. The molecule has 0 saturated carbocycles. The first kappa shape index (κ1) is 18.8. The zero-order valence-corrected chi connectivity index (χ0v) is 15.2. The molecule has 0 aliphatic rings. The maximum Gasteiger partial charge on any atom is 0.270 e. The number of rotatable bonds is 4. The van der Waals surface area contributed by atoms with Crippen molar-refractivity contribution in [3.8, 4) is 5.69 Å². The fraction of sp³-hybridized carbons (Fsp3) is 0.105. The van der Waals surface area contributed by atoms with Crippen LogP contribution >= 0.6 is 0 Å². The van der Waals surface area contributed by atoms with Crippen molar-refractivity contribution in [3.05, 3.63) is 87.2 Å². The summed E-state index contributed by atoms with van der Waals surface area (Å²) in [6.07, 6.45) is 0. The number of hydrogen-bond donors (Lipinski definition) is 2. The third kappa shape index (κ3) is 4.04. The van der Waals surface area contributed by atoms with E-state index in [1.165, 1.54) is 18.2 Å². The SMILES string of the molecule is Cc1cc(C)n(-c2ccc(C(=O)NNC(=O)c3cccc([N+](=O)[O-])c3)cc2)n1. The summed E-state index contributed by atoms with van der Waals surface area (Å²) in [5, 5.41) is 15.2. The fourth-order valence-electron chi connectivity index (χ4n) is 2.66. The Morgan fingerprint density at radius 1 is 0.964 bits per heavy atom. The highest BCUT2D eigenvalue weighted by molar-refractivity contribution is 5.99. The van der Waals surface area contributed by atoms with Crippen molar-refractivity contribution < 1.29 is 14.5 Å². The van der Waals surface area contributed by atoms with Crippen molar-refractivity contribution >= 4 is 17.5 Å². The number of nitro groups is 1. The first-order valence-electron chi connectivity index (χ1n) is 8.34. The number of carbonyl (C=O) groups is 2. The van der Waals surface area contributed by atoms with Crippen LogP contribution in [0.5, 0.6) is 0 Å². The molecule has 0 unspecified atom stereocenters. The van der Waals surface area contributed by atoms with Crippen LogP contribution in [-0.4, -0.2) is 26.5 Å². The highest BCUT2D eigenvalue weighted by Gasteiger charge is 2.13. The number of nitro benzene ring substituents is 1. The summed E-state index contributed by atoms with van der Waals surface area (Å²) < 4.78 is 1.76. The number of aromatic nitrogens is 2. The van der Waals surface area contributed by atoms with Gasteiger partial charge in [0, 0.05) is 29.0 Å². The number of hydrogen-bond acceptors (Lipinski definition) is 5. The highest BCUT2D eigenvalue weighted by Crippen LogP contribution is 2.14. The quantitative estimate of drug-likeness (QED) is 0.533. The van der Waals surface area contributed by atoms with E-state index in [1.807, 2.05) is 19.9 Å². The maximum absolute atomic E-state index is 12.2. The summed E-state index contributed by atoms with van der Waals surface area (Å²) in [5.41, 5.74) is 7.40. The van der Waals surface area contributed by atoms with Crippen LogP contribution in [-0.2, 0) is 0 Å². The van der Waals surface area contributed by atoms with Gasteiger partial charge in [0.15, 0.2) is 0 Å². The Morgan fingerprint density at radius 2 is 1.61 bits per heavy atom. The van der Waals surface area contributed by atoms with Crippen LogP contribution < -0.4 is 10.9 Å². The van der Waals surface area contributed by atoms with Crippen molar-refractivity contribution in [2.24, 2.45) is 0 Å². The Bertz CT molecular complexity index is 1060. The minimum atomic E-state index is -0.656. The van der Waals surface area contributed by atoms with Gasteiger partial charge in [-0.15, -0.1) is 0 Å². The molecular weight excluding hydrogens is 362 g/mol. The molecule has 142 valence electrons. The van der Waals surface area contributed by atoms with E-state index in [1.54, 1.807) is 28.9 Å². The Kier molecular flexibility index (Phi) is 5.16. The molecule has 3 aromatic rings. The zero-order chi connectivity index (χ0) is 20.3. The van der Waals surface area contributed by atoms with Crippen molar-refractivity contribution in [3.63, 3.8) is 0 Å². The van der Waals surface area contributed by atoms with Crippen molar-refractivity contribution in [1.82, 2.24) is 20.6 Å². The maximum atomic E-state index is 12.2. The molecule has 2 N–H and O–H groups in total. The second-order valence-corrected chi connectivity index (χ2v) is 6.10. The molecule has 0 bridgehead atoms. The van der Waals surface area contributed by atoms with Crippen LogP contribution in [0.15, 0.2) is 54.6 Å². The number of aryl methyl sites for hydroxylation is 2. The average molecular weight is 379 g/mol. The predicted molar refractivity (Wildman–Crippen MR) is 101 cm³/mol. The molecule has 1 heterocycles. The summed E-state index contributed by atoms with van der Waals surface area (Å²) in [6.45, 7) is 3.83. The summed E-state index contributed by atoms with van der Waals surface area (Å²) in [6, 6.07) is 13.9. The van der Waals surface area contributed by atoms with E-state index in [9.17, 15) is 19.7 Å². The van der Waals surface area contributed by atoms with E-state index in [-0.39, 0.29) is 11.3 Å². The van der Waals surface area contributed by atoms with Gasteiger partial charge in [-0.25, -0.2) is 4.68 Å². The van der Waals surface area contributed by atoms with Crippen LogP contribution in [0.3, 0.4) is 0 Å². The fourth-order valence-corrected chi connectivity index (χ4v) is 2.66. The van der Waals surface area contributed by atoms with Gasteiger partial charge in [-0.1, -0.05) is 6.07 Å². The number of carbonyl (C=O) groups excluding carboxylic acids is 2. The van der Waals surface area contributed by atoms with E-state index < -0.39 is 16.7 Å². The number of non-ortho nitro benzene ring substituents is 1. The number of amides is 2. The molecule has 0 atom stereocenters. The third-order valence-electron chi connectivity index (χ3n) is 3.99. The Labute approximate surface area is 160 Å². The van der Waals surface area contributed by atoms with Gasteiger partial charge in [0.05, 0.1) is 16.3 Å². The summed E-state index contributed by atoms with van der Waals surface area (Å²) >= 11 is 0. The lowest BCUT2D eigenvalue weighted by Crippen LogP contribution is -2.41. The van der Waals surface area contributed by atoms with Crippen LogP contribution in [0.2, 0.25) is 0 Å². The van der Waals surface area contributed by atoms with Crippen LogP contribution in [0.4, 0.5) is 5.69 Å². The van der Waals surface area contributed by atoms with E-state index >= 15 is 0 Å².